The summed E-state index contributed by atoms with van der Waals surface area (Å²) in [5.41, 5.74) is 0. The first-order valence-electron chi connectivity index (χ1n) is 25.7. The van der Waals surface area contributed by atoms with Crippen molar-refractivity contribution in [3.63, 3.8) is 0 Å². The Labute approximate surface area is 346 Å². The highest BCUT2D eigenvalue weighted by Crippen LogP contribution is 2.18. The fourth-order valence-electron chi connectivity index (χ4n) is 8.42. The molecule has 0 aromatic rings. The van der Waals surface area contributed by atoms with Crippen molar-refractivity contribution in [3.8, 4) is 0 Å². The van der Waals surface area contributed by atoms with Crippen molar-refractivity contribution >= 4 is 5.91 Å². The summed E-state index contributed by atoms with van der Waals surface area (Å²) in [7, 11) is 0. The summed E-state index contributed by atoms with van der Waals surface area (Å²) in [6, 6.07) is -0.529. The minimum absolute atomic E-state index is 0.0254. The molecule has 0 rings (SSSR count). The molecule has 0 bridgehead atoms. The fraction of sp³-hybridized carbons (Fsp3) is 0.980. The van der Waals surface area contributed by atoms with Crippen molar-refractivity contribution in [2.24, 2.45) is 0 Å². The number of amides is 1. The van der Waals surface area contributed by atoms with Gasteiger partial charge in [-0.1, -0.05) is 284 Å². The molecule has 55 heavy (non-hydrogen) atoms. The van der Waals surface area contributed by atoms with E-state index in [9.17, 15) is 15.0 Å². The molecule has 0 aromatic heterocycles. The summed E-state index contributed by atoms with van der Waals surface area (Å²) in [6.45, 7) is 4.38. The number of nitrogens with one attached hydrogen (secondary N) is 1. The molecule has 0 saturated carbocycles. The van der Waals surface area contributed by atoms with Gasteiger partial charge in [-0.05, 0) is 12.8 Å². The predicted octanol–water partition coefficient (Wildman–Crippen LogP) is 16.4. The van der Waals surface area contributed by atoms with E-state index >= 15 is 0 Å². The second-order valence-corrected chi connectivity index (χ2v) is 18.0. The second kappa shape index (κ2) is 47.8. The van der Waals surface area contributed by atoms with Crippen LogP contribution in [0.25, 0.3) is 0 Å². The molecule has 0 radical (unpaired) electrons. The van der Waals surface area contributed by atoms with Crippen LogP contribution in [0, 0.1) is 0 Å². The van der Waals surface area contributed by atoms with Gasteiger partial charge in [0, 0.05) is 6.42 Å². The molecule has 4 heteroatoms. The molecule has 0 aromatic carbocycles. The van der Waals surface area contributed by atoms with E-state index in [-0.39, 0.29) is 12.5 Å². The Balaban J connectivity index is 3.33. The van der Waals surface area contributed by atoms with Crippen LogP contribution in [0.4, 0.5) is 0 Å². The molecule has 1 amide bonds. The van der Waals surface area contributed by atoms with E-state index in [0.717, 1.165) is 25.7 Å². The van der Waals surface area contributed by atoms with Crippen LogP contribution in [0.15, 0.2) is 0 Å². The maximum Gasteiger partial charge on any atom is 0.220 e. The Morgan fingerprint density at radius 3 is 0.818 bits per heavy atom. The van der Waals surface area contributed by atoms with Crippen molar-refractivity contribution in [2.45, 2.75) is 315 Å². The number of carbonyl (C=O) groups excluding carboxylic acids is 1. The van der Waals surface area contributed by atoms with Crippen molar-refractivity contribution in [1.82, 2.24) is 5.32 Å². The van der Waals surface area contributed by atoms with E-state index in [1.165, 1.54) is 250 Å². The first-order chi connectivity index (χ1) is 27.2. The number of unbranched alkanes of at least 4 members (excludes halogenated alkanes) is 41. The highest BCUT2D eigenvalue weighted by Gasteiger charge is 2.20. The molecule has 4 nitrogen and oxygen atoms in total. The van der Waals surface area contributed by atoms with Gasteiger partial charge in [-0.25, -0.2) is 0 Å². The standard InChI is InChI=1S/C51H103NO3/c1-3-5-7-9-11-13-15-16-17-18-19-20-21-22-23-24-25-26-27-28-29-30-31-32-33-34-35-37-39-41-43-45-47-51(55)52-49(48-53)50(54)46-44-42-40-38-36-14-12-10-8-6-4-2/h49-50,53-54H,3-48H2,1-2H3,(H,52,55)/t49-,50+/m0/s1. The van der Waals surface area contributed by atoms with E-state index in [2.05, 4.69) is 19.2 Å². The number of aliphatic hydroxyl groups excluding tert-OH is 2. The number of hydrogen-bond acceptors (Lipinski definition) is 3. The lowest BCUT2D eigenvalue weighted by Crippen LogP contribution is -2.45. The van der Waals surface area contributed by atoms with Crippen molar-refractivity contribution < 1.29 is 15.0 Å². The Kier molecular flexibility index (Phi) is 47.2. The van der Waals surface area contributed by atoms with Gasteiger partial charge in [-0.2, -0.15) is 0 Å². The van der Waals surface area contributed by atoms with E-state index in [0.29, 0.717) is 12.8 Å². The molecule has 2 atom stereocenters. The van der Waals surface area contributed by atoms with Crippen LogP contribution < -0.4 is 5.32 Å². The highest BCUT2D eigenvalue weighted by atomic mass is 16.3. The van der Waals surface area contributed by atoms with Gasteiger partial charge in [0.2, 0.25) is 5.91 Å². The molecule has 0 saturated heterocycles. The Hall–Kier alpha value is -0.610. The van der Waals surface area contributed by atoms with Gasteiger partial charge in [0.25, 0.3) is 0 Å². The average Bonchev–Trinajstić information content (AvgIpc) is 3.19. The van der Waals surface area contributed by atoms with Crippen LogP contribution in [-0.4, -0.2) is 34.9 Å². The quantitative estimate of drug-likeness (QED) is 0.0539. The normalized spacial score (nSPS) is 12.7. The first kappa shape index (κ1) is 54.4. The lowest BCUT2D eigenvalue weighted by Gasteiger charge is -2.22. The van der Waals surface area contributed by atoms with Crippen molar-refractivity contribution in [1.29, 1.82) is 0 Å². The van der Waals surface area contributed by atoms with E-state index in [1.807, 2.05) is 0 Å². The summed E-state index contributed by atoms with van der Waals surface area (Å²) in [5, 5.41) is 23.1. The summed E-state index contributed by atoms with van der Waals surface area (Å²) in [4.78, 5) is 12.4. The summed E-state index contributed by atoms with van der Waals surface area (Å²) in [6.07, 6.45) is 59.5. The average molecular weight is 778 g/mol. The molecule has 0 fully saturated rings. The molecule has 0 spiro atoms. The number of hydrogen-bond donors (Lipinski definition) is 3. The number of carbonyl (C=O) groups is 1. The molecule has 0 heterocycles. The third-order valence-corrected chi connectivity index (χ3v) is 12.4. The molecule has 3 N–H and O–H groups in total. The fourth-order valence-corrected chi connectivity index (χ4v) is 8.42. The van der Waals surface area contributed by atoms with Crippen LogP contribution >= 0.6 is 0 Å². The predicted molar refractivity (Wildman–Crippen MR) is 244 cm³/mol. The molecule has 330 valence electrons. The zero-order valence-electron chi connectivity index (χ0n) is 38.0. The van der Waals surface area contributed by atoms with Crippen LogP contribution in [0.3, 0.4) is 0 Å². The highest BCUT2D eigenvalue weighted by molar-refractivity contribution is 5.76. The number of aliphatic hydroxyl groups is 2. The van der Waals surface area contributed by atoms with Crippen LogP contribution in [0.5, 0.6) is 0 Å². The number of rotatable bonds is 48. The topological polar surface area (TPSA) is 69.6 Å². The molecule has 0 aliphatic heterocycles. The third kappa shape index (κ3) is 44.3. The third-order valence-electron chi connectivity index (χ3n) is 12.4. The van der Waals surface area contributed by atoms with Gasteiger partial charge >= 0.3 is 0 Å². The Morgan fingerprint density at radius 1 is 0.364 bits per heavy atom. The largest absolute Gasteiger partial charge is 0.394 e. The van der Waals surface area contributed by atoms with Gasteiger partial charge in [-0.15, -0.1) is 0 Å². The SMILES string of the molecule is CCCCCCCCCCCCCCCCCCCCCCCCCCCCCCCCCCC(=O)N[C@@H](CO)[C@H](O)CCCCCCCCCCCCC. The Bertz CT molecular complexity index is 714. The van der Waals surface area contributed by atoms with E-state index in [1.54, 1.807) is 0 Å². The Morgan fingerprint density at radius 2 is 0.582 bits per heavy atom. The zero-order chi connectivity index (χ0) is 40.0. The summed E-state index contributed by atoms with van der Waals surface area (Å²) < 4.78 is 0. The summed E-state index contributed by atoms with van der Waals surface area (Å²) in [5.74, 6) is -0.0254. The van der Waals surface area contributed by atoms with Crippen LogP contribution in [0.1, 0.15) is 303 Å². The molecular formula is C51H103NO3. The first-order valence-corrected chi connectivity index (χ1v) is 25.7. The van der Waals surface area contributed by atoms with Crippen LogP contribution in [-0.2, 0) is 4.79 Å². The minimum Gasteiger partial charge on any atom is -0.394 e. The van der Waals surface area contributed by atoms with Gasteiger partial charge in [0.15, 0.2) is 0 Å². The monoisotopic (exact) mass is 778 g/mol. The van der Waals surface area contributed by atoms with Gasteiger partial charge in [0.1, 0.15) is 0 Å². The summed E-state index contributed by atoms with van der Waals surface area (Å²) >= 11 is 0. The van der Waals surface area contributed by atoms with Crippen LogP contribution in [0.2, 0.25) is 0 Å². The lowest BCUT2D eigenvalue weighted by atomic mass is 10.0. The zero-order valence-corrected chi connectivity index (χ0v) is 38.0. The molecular weight excluding hydrogens is 675 g/mol. The smallest absolute Gasteiger partial charge is 0.220 e. The molecule has 0 aliphatic rings. The second-order valence-electron chi connectivity index (χ2n) is 18.0. The van der Waals surface area contributed by atoms with Gasteiger partial charge in [0.05, 0.1) is 18.8 Å². The minimum atomic E-state index is -0.652. The van der Waals surface area contributed by atoms with Crippen molar-refractivity contribution in [3.05, 3.63) is 0 Å². The van der Waals surface area contributed by atoms with Gasteiger partial charge in [-0.3, -0.25) is 4.79 Å². The maximum absolute atomic E-state index is 12.4. The maximum atomic E-state index is 12.4. The lowest BCUT2D eigenvalue weighted by molar-refractivity contribution is -0.123. The van der Waals surface area contributed by atoms with E-state index < -0.39 is 12.1 Å². The van der Waals surface area contributed by atoms with Crippen molar-refractivity contribution in [2.75, 3.05) is 6.61 Å². The van der Waals surface area contributed by atoms with Gasteiger partial charge < -0.3 is 15.5 Å². The van der Waals surface area contributed by atoms with E-state index in [4.69, 9.17) is 0 Å². The molecule has 0 aliphatic carbocycles. The molecule has 0 unspecified atom stereocenters.